The maximum absolute atomic E-state index is 12.5. The van der Waals surface area contributed by atoms with E-state index in [0.29, 0.717) is 18.0 Å². The molecule has 2 aliphatic rings. The normalized spacial score (nSPS) is 15.7. The summed E-state index contributed by atoms with van der Waals surface area (Å²) in [5, 5.41) is 14.1. The largest absolute Gasteiger partial charge is 0.490 e. The lowest BCUT2D eigenvalue weighted by molar-refractivity contribution is -0.122. The lowest BCUT2D eigenvalue weighted by Crippen LogP contribution is -2.48. The molecule has 4 heterocycles. The number of benzene rings is 1. The minimum Gasteiger partial charge on any atom is -0.490 e. The Morgan fingerprint density at radius 2 is 2.06 bits per heavy atom. The molecule has 0 saturated heterocycles. The number of hydrogen-bond donors (Lipinski definition) is 3. The molecule has 0 fully saturated rings. The first kappa shape index (κ1) is 22.5. The van der Waals surface area contributed by atoms with Crippen LogP contribution in [0.1, 0.15) is 34.9 Å². The zero-order chi connectivity index (χ0) is 23.6. The molecule has 10 heteroatoms. The van der Waals surface area contributed by atoms with Crippen molar-refractivity contribution in [3.8, 4) is 5.75 Å². The zero-order valence-corrected chi connectivity index (χ0v) is 19.4. The Morgan fingerprint density at radius 1 is 1.27 bits per heavy atom. The van der Waals surface area contributed by atoms with Crippen molar-refractivity contribution in [1.29, 1.82) is 0 Å². The predicted octanol–water partition coefficient (Wildman–Crippen LogP) is 3.89. The molecule has 1 aromatic carbocycles. The van der Waals surface area contributed by atoms with Crippen molar-refractivity contribution in [2.75, 3.05) is 23.4 Å². The van der Waals surface area contributed by atoms with Crippen LogP contribution in [0.5, 0.6) is 5.75 Å². The second-order valence-corrected chi connectivity index (χ2v) is 9.34. The third kappa shape index (κ3) is 4.90. The van der Waals surface area contributed by atoms with Crippen LogP contribution in [-0.4, -0.2) is 46.1 Å². The summed E-state index contributed by atoms with van der Waals surface area (Å²) >= 11 is 1.44. The van der Waals surface area contributed by atoms with Gasteiger partial charge in [-0.15, -0.1) is 0 Å². The van der Waals surface area contributed by atoms with Crippen LogP contribution < -0.4 is 20.3 Å². The van der Waals surface area contributed by atoms with E-state index < -0.39 is 0 Å². The van der Waals surface area contributed by atoms with Crippen molar-refractivity contribution in [1.82, 2.24) is 15.3 Å². The summed E-state index contributed by atoms with van der Waals surface area (Å²) in [5.41, 5.74) is 3.40. The van der Waals surface area contributed by atoms with E-state index >= 15 is 0 Å². The molecular formula is C23H25N5O4S. The smallest absolute Gasteiger partial charge is 0.290 e. The molecule has 2 aromatic heterocycles. The number of carbonyl (C=O) groups excluding carboxylic acids is 1. The van der Waals surface area contributed by atoms with E-state index in [9.17, 15) is 4.79 Å². The molecule has 0 bridgehead atoms. The molecule has 3 N–H and O–H groups in total. The summed E-state index contributed by atoms with van der Waals surface area (Å²) in [7, 11) is 0. The van der Waals surface area contributed by atoms with E-state index in [1.165, 1.54) is 11.3 Å². The van der Waals surface area contributed by atoms with Crippen molar-refractivity contribution in [2.45, 2.75) is 32.7 Å². The van der Waals surface area contributed by atoms with Gasteiger partial charge in [-0.25, -0.2) is 9.97 Å². The van der Waals surface area contributed by atoms with Gasteiger partial charge >= 0.3 is 0 Å². The topological polar surface area (TPSA) is 117 Å². The van der Waals surface area contributed by atoms with Gasteiger partial charge in [-0.1, -0.05) is 17.4 Å². The minimum atomic E-state index is -0.282. The number of rotatable bonds is 3. The first-order valence-electron chi connectivity index (χ1n) is 10.4. The third-order valence-corrected chi connectivity index (χ3v) is 6.29. The molecule has 0 unspecified atom stereocenters. The lowest BCUT2D eigenvalue weighted by atomic mass is 9.94. The number of aromatic nitrogens is 2. The van der Waals surface area contributed by atoms with Crippen LogP contribution in [0.2, 0.25) is 0 Å². The average molecular weight is 468 g/mol. The highest BCUT2D eigenvalue weighted by Crippen LogP contribution is 2.42. The van der Waals surface area contributed by atoms with Gasteiger partial charge in [-0.3, -0.25) is 9.59 Å². The van der Waals surface area contributed by atoms with E-state index in [1.54, 1.807) is 0 Å². The minimum absolute atomic E-state index is 0.0422. The molecule has 3 aromatic rings. The molecule has 1 amide bonds. The fourth-order valence-corrected chi connectivity index (χ4v) is 4.85. The van der Waals surface area contributed by atoms with Gasteiger partial charge < -0.3 is 25.4 Å². The van der Waals surface area contributed by atoms with Crippen LogP contribution in [-0.2, 0) is 11.2 Å². The number of pyridine rings is 1. The van der Waals surface area contributed by atoms with Gasteiger partial charge in [0.05, 0.1) is 17.9 Å². The quantitative estimate of drug-likeness (QED) is 0.497. The number of carbonyl (C=O) groups is 2. The Kier molecular flexibility index (Phi) is 6.19. The van der Waals surface area contributed by atoms with Gasteiger partial charge in [0.25, 0.3) is 12.4 Å². The molecule has 0 atom stereocenters. The highest BCUT2D eigenvalue weighted by atomic mass is 32.1. The number of anilines is 4. The van der Waals surface area contributed by atoms with Crippen molar-refractivity contribution < 1.29 is 19.4 Å². The van der Waals surface area contributed by atoms with E-state index in [-0.39, 0.29) is 17.9 Å². The van der Waals surface area contributed by atoms with Gasteiger partial charge in [0.15, 0.2) is 5.13 Å². The SMILES string of the molecule is Cc1cccc(Nc2ccc3c(c2)N(c2nc4c(s2)C(=O)NC(C)(C)C4)CCO3)n1.O=CO. The van der Waals surface area contributed by atoms with Gasteiger partial charge in [0, 0.05) is 23.3 Å². The van der Waals surface area contributed by atoms with Crippen LogP contribution in [0.15, 0.2) is 36.4 Å². The van der Waals surface area contributed by atoms with Crippen molar-refractivity contribution in [3.63, 3.8) is 0 Å². The number of hydrogen-bond acceptors (Lipinski definition) is 8. The van der Waals surface area contributed by atoms with Crippen molar-refractivity contribution in [3.05, 3.63) is 52.7 Å². The molecular weight excluding hydrogens is 442 g/mol. The Hall–Kier alpha value is -3.66. The number of nitrogens with zero attached hydrogens (tertiary/aromatic N) is 3. The zero-order valence-electron chi connectivity index (χ0n) is 18.6. The fourth-order valence-electron chi connectivity index (χ4n) is 3.83. The number of aryl methyl sites for hydroxylation is 1. The number of nitrogens with one attached hydrogen (secondary N) is 2. The molecule has 0 spiro atoms. The molecule has 0 saturated carbocycles. The number of fused-ring (bicyclic) bond motifs is 2. The second kappa shape index (κ2) is 9.07. The first-order chi connectivity index (χ1) is 15.8. The van der Waals surface area contributed by atoms with Gasteiger partial charge in [-0.05, 0) is 51.1 Å². The van der Waals surface area contributed by atoms with Crippen LogP contribution >= 0.6 is 11.3 Å². The molecule has 2 aliphatic heterocycles. The molecule has 172 valence electrons. The Bertz CT molecular complexity index is 1190. The van der Waals surface area contributed by atoms with Crippen LogP contribution in [0.4, 0.5) is 22.3 Å². The van der Waals surface area contributed by atoms with Crippen LogP contribution in [0.3, 0.4) is 0 Å². The predicted molar refractivity (Wildman–Crippen MR) is 127 cm³/mol. The second-order valence-electron chi connectivity index (χ2n) is 8.36. The highest BCUT2D eigenvalue weighted by Gasteiger charge is 2.34. The van der Waals surface area contributed by atoms with E-state index in [1.807, 2.05) is 57.2 Å². The van der Waals surface area contributed by atoms with Gasteiger partial charge in [0.1, 0.15) is 23.1 Å². The summed E-state index contributed by atoms with van der Waals surface area (Å²) in [6.45, 7) is 7.01. The lowest BCUT2D eigenvalue weighted by Gasteiger charge is -2.30. The Morgan fingerprint density at radius 3 is 2.82 bits per heavy atom. The summed E-state index contributed by atoms with van der Waals surface area (Å²) < 4.78 is 5.87. The molecule has 0 aliphatic carbocycles. The van der Waals surface area contributed by atoms with Crippen molar-refractivity contribution >= 4 is 46.0 Å². The summed E-state index contributed by atoms with van der Waals surface area (Å²) in [4.78, 5) is 33.1. The number of ether oxygens (including phenoxy) is 1. The summed E-state index contributed by atoms with van der Waals surface area (Å²) in [6.07, 6.45) is 0.725. The molecule has 33 heavy (non-hydrogen) atoms. The average Bonchev–Trinajstić information content (AvgIpc) is 3.17. The standard InChI is InChI=1S/C22H23N5O2S.CH2O2/c1-13-5-4-6-18(23-13)24-14-7-8-17-16(11-14)27(9-10-29-17)21-25-15-12-22(2,3)26-20(28)19(15)30-21;2-1-3/h4-8,11H,9-10,12H2,1-3H3,(H,23,24)(H,26,28);1H,(H,2,3). The third-order valence-electron chi connectivity index (χ3n) is 5.17. The van der Waals surface area contributed by atoms with E-state index in [0.717, 1.165) is 45.9 Å². The molecule has 0 radical (unpaired) electrons. The highest BCUT2D eigenvalue weighted by molar-refractivity contribution is 7.17. The number of carboxylic acid groups (broad SMARTS) is 1. The Balaban J connectivity index is 0.000000821. The maximum atomic E-state index is 12.5. The fraction of sp³-hybridized carbons (Fsp3) is 0.304. The number of thiazole rings is 1. The maximum Gasteiger partial charge on any atom is 0.290 e. The first-order valence-corrected chi connectivity index (χ1v) is 11.3. The summed E-state index contributed by atoms with van der Waals surface area (Å²) in [6, 6.07) is 11.9. The van der Waals surface area contributed by atoms with Crippen LogP contribution in [0.25, 0.3) is 0 Å². The van der Waals surface area contributed by atoms with E-state index in [4.69, 9.17) is 19.6 Å². The summed E-state index contributed by atoms with van der Waals surface area (Å²) in [5.74, 6) is 1.56. The van der Waals surface area contributed by atoms with Gasteiger partial charge in [-0.2, -0.15) is 0 Å². The monoisotopic (exact) mass is 467 g/mol. The van der Waals surface area contributed by atoms with Crippen LogP contribution in [0, 0.1) is 6.92 Å². The van der Waals surface area contributed by atoms with E-state index in [2.05, 4.69) is 20.5 Å². The molecule has 9 nitrogen and oxygen atoms in total. The Labute approximate surface area is 195 Å². The number of amides is 1. The van der Waals surface area contributed by atoms with Gasteiger partial charge in [0.2, 0.25) is 0 Å². The van der Waals surface area contributed by atoms with Crippen molar-refractivity contribution in [2.24, 2.45) is 0 Å². The molecule has 5 rings (SSSR count).